The molecule has 1 atom stereocenters. The summed E-state index contributed by atoms with van der Waals surface area (Å²) in [6.45, 7) is 2.10. The molecule has 0 saturated heterocycles. The van der Waals surface area contributed by atoms with Gasteiger partial charge in [-0.1, -0.05) is 13.3 Å². The van der Waals surface area contributed by atoms with Gasteiger partial charge in [-0.3, -0.25) is 5.10 Å². The first-order valence-corrected chi connectivity index (χ1v) is 5.63. The zero-order valence-electron chi connectivity index (χ0n) is 10.4. The molecule has 0 radical (unpaired) electrons. The van der Waals surface area contributed by atoms with Gasteiger partial charge in [-0.2, -0.15) is 5.10 Å². The zero-order chi connectivity index (χ0) is 13.5. The molecule has 0 saturated carbocycles. The Hall–Kier alpha value is -2.12. The van der Waals surface area contributed by atoms with E-state index in [1.807, 2.05) is 6.92 Å². The summed E-state index contributed by atoms with van der Waals surface area (Å²) in [5, 5.41) is 17.7. The lowest BCUT2D eigenvalue weighted by atomic mass is 10.2. The van der Waals surface area contributed by atoms with E-state index in [4.69, 9.17) is 5.11 Å². The maximum Gasteiger partial charge on any atom is 0.326 e. The minimum atomic E-state index is -1.03. The summed E-state index contributed by atoms with van der Waals surface area (Å²) in [5.41, 5.74) is 0. The van der Waals surface area contributed by atoms with Crippen molar-refractivity contribution in [2.75, 3.05) is 7.05 Å². The first kappa shape index (κ1) is 13.9. The molecule has 2 amide bonds. The van der Waals surface area contributed by atoms with Crippen LogP contribution in [-0.2, 0) is 11.3 Å². The van der Waals surface area contributed by atoms with Crippen LogP contribution in [0.2, 0.25) is 0 Å². The van der Waals surface area contributed by atoms with Gasteiger partial charge in [0.25, 0.3) is 0 Å². The number of amides is 2. The monoisotopic (exact) mass is 255 g/mol. The molecular formula is C10H17N5O3. The predicted octanol–water partition coefficient (Wildman–Crippen LogP) is 0.199. The molecule has 0 unspecified atom stereocenters. The van der Waals surface area contributed by atoms with Gasteiger partial charge in [-0.25, -0.2) is 14.6 Å². The van der Waals surface area contributed by atoms with Gasteiger partial charge < -0.3 is 15.3 Å². The van der Waals surface area contributed by atoms with Crippen LogP contribution in [0, 0.1) is 0 Å². The highest BCUT2D eigenvalue weighted by molar-refractivity contribution is 5.82. The van der Waals surface area contributed by atoms with Gasteiger partial charge in [0.05, 0.1) is 6.54 Å². The second-order valence-corrected chi connectivity index (χ2v) is 3.92. The average Bonchev–Trinajstić information content (AvgIpc) is 2.80. The summed E-state index contributed by atoms with van der Waals surface area (Å²) in [6.07, 6.45) is 2.43. The molecule has 0 aliphatic rings. The number of nitrogens with one attached hydrogen (secondary N) is 2. The third-order valence-corrected chi connectivity index (χ3v) is 2.37. The highest BCUT2D eigenvalue weighted by atomic mass is 16.4. The van der Waals surface area contributed by atoms with E-state index in [1.54, 1.807) is 7.05 Å². The van der Waals surface area contributed by atoms with E-state index in [0.717, 1.165) is 0 Å². The van der Waals surface area contributed by atoms with Crippen LogP contribution in [0.15, 0.2) is 6.33 Å². The number of aliphatic carboxylic acids is 1. The second kappa shape index (κ2) is 6.58. The number of carbonyl (C=O) groups excluding carboxylic acids is 1. The van der Waals surface area contributed by atoms with Crippen molar-refractivity contribution in [3.05, 3.63) is 12.2 Å². The van der Waals surface area contributed by atoms with Gasteiger partial charge in [0.15, 0.2) is 0 Å². The molecule has 8 nitrogen and oxygen atoms in total. The lowest BCUT2D eigenvalue weighted by Gasteiger charge is -2.20. The highest BCUT2D eigenvalue weighted by Gasteiger charge is 2.21. The molecule has 1 aromatic rings. The van der Waals surface area contributed by atoms with Gasteiger partial charge in [-0.05, 0) is 6.42 Å². The standard InChI is InChI=1S/C10H17N5O3/c1-3-4-7(9(16)17)13-10(18)15(2)5-8-11-6-12-14-8/h6-7H,3-5H2,1-2H3,(H,13,18)(H,16,17)(H,11,12,14)/t7-/m0/s1. The van der Waals surface area contributed by atoms with Crippen molar-refractivity contribution in [1.29, 1.82) is 0 Å². The minimum absolute atomic E-state index is 0.240. The number of rotatable bonds is 6. The lowest BCUT2D eigenvalue weighted by Crippen LogP contribution is -2.46. The Kier molecular flexibility index (Phi) is 5.09. The van der Waals surface area contributed by atoms with Crippen molar-refractivity contribution >= 4 is 12.0 Å². The second-order valence-electron chi connectivity index (χ2n) is 3.92. The van der Waals surface area contributed by atoms with Crippen LogP contribution in [0.3, 0.4) is 0 Å². The molecule has 100 valence electrons. The Labute approximate surface area is 104 Å². The number of carbonyl (C=O) groups is 2. The predicted molar refractivity (Wildman–Crippen MR) is 62.7 cm³/mol. The molecule has 1 aromatic heterocycles. The Bertz CT molecular complexity index is 392. The highest BCUT2D eigenvalue weighted by Crippen LogP contribution is 2.00. The summed E-state index contributed by atoms with van der Waals surface area (Å²) in [6, 6.07) is -1.31. The van der Waals surface area contributed by atoms with Crippen LogP contribution in [-0.4, -0.2) is 50.3 Å². The van der Waals surface area contributed by atoms with Crippen LogP contribution in [0.4, 0.5) is 4.79 Å². The van der Waals surface area contributed by atoms with Crippen molar-refractivity contribution in [3.63, 3.8) is 0 Å². The number of hydrogen-bond acceptors (Lipinski definition) is 4. The fourth-order valence-corrected chi connectivity index (χ4v) is 1.41. The van der Waals surface area contributed by atoms with E-state index in [9.17, 15) is 9.59 Å². The maximum atomic E-state index is 11.7. The van der Waals surface area contributed by atoms with E-state index in [0.29, 0.717) is 18.7 Å². The quantitative estimate of drug-likeness (QED) is 0.672. The molecule has 0 bridgehead atoms. The van der Waals surface area contributed by atoms with Crippen LogP contribution < -0.4 is 5.32 Å². The fraction of sp³-hybridized carbons (Fsp3) is 0.600. The number of carboxylic acids is 1. The molecule has 8 heteroatoms. The van der Waals surface area contributed by atoms with Crippen molar-refractivity contribution in [3.8, 4) is 0 Å². The summed E-state index contributed by atoms with van der Waals surface area (Å²) in [5.74, 6) is -0.492. The van der Waals surface area contributed by atoms with Crippen LogP contribution in [0.1, 0.15) is 25.6 Å². The topological polar surface area (TPSA) is 111 Å². The van der Waals surface area contributed by atoms with E-state index < -0.39 is 18.0 Å². The molecular weight excluding hydrogens is 238 g/mol. The van der Waals surface area contributed by atoms with Crippen molar-refractivity contribution in [1.82, 2.24) is 25.4 Å². The Balaban J connectivity index is 2.50. The average molecular weight is 255 g/mol. The summed E-state index contributed by atoms with van der Waals surface area (Å²) in [4.78, 5) is 27.9. The van der Waals surface area contributed by atoms with Gasteiger partial charge in [0.2, 0.25) is 0 Å². The Morgan fingerprint density at radius 2 is 2.33 bits per heavy atom. The van der Waals surface area contributed by atoms with Crippen molar-refractivity contribution < 1.29 is 14.7 Å². The molecule has 0 aromatic carbocycles. The first-order valence-electron chi connectivity index (χ1n) is 5.63. The number of hydrogen-bond donors (Lipinski definition) is 3. The molecule has 0 spiro atoms. The molecule has 0 fully saturated rings. The van der Waals surface area contributed by atoms with Crippen molar-refractivity contribution in [2.24, 2.45) is 0 Å². The number of aromatic nitrogens is 3. The number of carboxylic acid groups (broad SMARTS) is 1. The summed E-state index contributed by atoms with van der Waals surface area (Å²) < 4.78 is 0. The normalized spacial score (nSPS) is 11.9. The fourth-order valence-electron chi connectivity index (χ4n) is 1.41. The van der Waals surface area contributed by atoms with Gasteiger partial charge in [-0.15, -0.1) is 0 Å². The van der Waals surface area contributed by atoms with Crippen LogP contribution >= 0.6 is 0 Å². The first-order chi connectivity index (χ1) is 8.54. The molecule has 0 aliphatic carbocycles. The molecule has 18 heavy (non-hydrogen) atoms. The van der Waals surface area contributed by atoms with Gasteiger partial charge in [0, 0.05) is 7.05 Å². The van der Waals surface area contributed by atoms with Crippen LogP contribution in [0.25, 0.3) is 0 Å². The number of H-pyrrole nitrogens is 1. The van der Waals surface area contributed by atoms with E-state index in [-0.39, 0.29) is 6.54 Å². The molecule has 3 N–H and O–H groups in total. The van der Waals surface area contributed by atoms with Gasteiger partial charge >= 0.3 is 12.0 Å². The minimum Gasteiger partial charge on any atom is -0.480 e. The molecule has 1 rings (SSSR count). The SMILES string of the molecule is CCC[C@H](NC(=O)N(C)Cc1ncn[nH]1)C(=O)O. The number of aromatic amines is 1. The number of nitrogens with zero attached hydrogens (tertiary/aromatic N) is 3. The van der Waals surface area contributed by atoms with Gasteiger partial charge in [0.1, 0.15) is 18.2 Å². The third kappa shape index (κ3) is 4.04. The Morgan fingerprint density at radius 1 is 1.61 bits per heavy atom. The lowest BCUT2D eigenvalue weighted by molar-refractivity contribution is -0.139. The maximum absolute atomic E-state index is 11.7. The van der Waals surface area contributed by atoms with E-state index in [1.165, 1.54) is 11.2 Å². The summed E-state index contributed by atoms with van der Waals surface area (Å²) >= 11 is 0. The van der Waals surface area contributed by atoms with Crippen LogP contribution in [0.5, 0.6) is 0 Å². The summed E-state index contributed by atoms with van der Waals surface area (Å²) in [7, 11) is 1.56. The van der Waals surface area contributed by atoms with Crippen molar-refractivity contribution in [2.45, 2.75) is 32.4 Å². The molecule has 0 aliphatic heterocycles. The largest absolute Gasteiger partial charge is 0.480 e. The Morgan fingerprint density at radius 3 is 2.83 bits per heavy atom. The van der Waals surface area contributed by atoms with E-state index in [2.05, 4.69) is 20.5 Å². The number of urea groups is 1. The van der Waals surface area contributed by atoms with E-state index >= 15 is 0 Å². The smallest absolute Gasteiger partial charge is 0.326 e. The molecule has 1 heterocycles. The zero-order valence-corrected chi connectivity index (χ0v) is 10.4. The third-order valence-electron chi connectivity index (χ3n) is 2.37.